The molecule has 5 nitrogen and oxygen atoms in total. The van der Waals surface area contributed by atoms with E-state index in [-0.39, 0.29) is 5.91 Å². The average Bonchev–Trinajstić information content (AvgIpc) is 3.02. The highest BCUT2D eigenvalue weighted by molar-refractivity contribution is 7.99. The lowest BCUT2D eigenvalue weighted by Gasteiger charge is -2.04. The number of thioether (sulfide) groups is 1. The zero-order valence-corrected chi connectivity index (χ0v) is 15.2. The second kappa shape index (κ2) is 8.07. The van der Waals surface area contributed by atoms with Gasteiger partial charge in [0.1, 0.15) is 5.75 Å². The molecule has 1 aromatic heterocycles. The summed E-state index contributed by atoms with van der Waals surface area (Å²) in [4.78, 5) is 19.7. The number of rotatable bonds is 7. The van der Waals surface area contributed by atoms with Crippen LogP contribution < -0.4 is 10.1 Å². The number of aryl methyl sites for hydroxylation is 1. The van der Waals surface area contributed by atoms with Crippen molar-refractivity contribution in [1.82, 2.24) is 15.3 Å². The van der Waals surface area contributed by atoms with Crippen LogP contribution in [0.3, 0.4) is 0 Å². The Kier molecular flexibility index (Phi) is 5.60. The highest BCUT2D eigenvalue weighted by Gasteiger charge is 2.08. The van der Waals surface area contributed by atoms with Gasteiger partial charge in [0.05, 0.1) is 23.4 Å². The summed E-state index contributed by atoms with van der Waals surface area (Å²) in [6.07, 6.45) is 0. The number of hydrogen-bond acceptors (Lipinski definition) is 4. The lowest BCUT2D eigenvalue weighted by Crippen LogP contribution is -2.24. The van der Waals surface area contributed by atoms with E-state index < -0.39 is 0 Å². The number of amides is 1. The van der Waals surface area contributed by atoms with Gasteiger partial charge in [-0.05, 0) is 31.5 Å². The molecule has 25 heavy (non-hydrogen) atoms. The lowest BCUT2D eigenvalue weighted by atomic mass is 10.1. The van der Waals surface area contributed by atoms with Crippen molar-refractivity contribution in [2.45, 2.75) is 25.5 Å². The third kappa shape index (κ3) is 4.76. The fraction of sp³-hybridized carbons (Fsp3) is 0.263. The summed E-state index contributed by atoms with van der Waals surface area (Å²) >= 11 is 1.39. The van der Waals surface area contributed by atoms with Crippen LogP contribution in [0.15, 0.2) is 47.6 Å². The number of imidazole rings is 1. The molecule has 0 spiro atoms. The molecule has 2 N–H and O–H groups in total. The molecule has 1 amide bonds. The maximum absolute atomic E-state index is 12.0. The fourth-order valence-electron chi connectivity index (χ4n) is 2.38. The normalized spacial score (nSPS) is 10.8. The number of hydrogen-bond donors (Lipinski definition) is 2. The minimum atomic E-state index is -0.0129. The molecule has 0 radical (unpaired) electrons. The monoisotopic (exact) mass is 355 g/mol. The first-order valence-corrected chi connectivity index (χ1v) is 9.20. The first kappa shape index (κ1) is 17.4. The number of H-pyrrole nitrogens is 1. The molecular weight excluding hydrogens is 334 g/mol. The van der Waals surface area contributed by atoms with Gasteiger partial charge in [0.2, 0.25) is 5.91 Å². The van der Waals surface area contributed by atoms with Gasteiger partial charge >= 0.3 is 0 Å². The molecule has 0 aliphatic carbocycles. The van der Waals surface area contributed by atoms with E-state index in [0.717, 1.165) is 27.5 Å². The molecule has 0 bridgehead atoms. The third-order valence-electron chi connectivity index (χ3n) is 3.69. The molecule has 2 aromatic carbocycles. The minimum Gasteiger partial charge on any atom is -0.494 e. The molecule has 0 atom stereocenters. The molecule has 6 heteroatoms. The van der Waals surface area contributed by atoms with Gasteiger partial charge in [-0.15, -0.1) is 0 Å². The Morgan fingerprint density at radius 1 is 1.24 bits per heavy atom. The van der Waals surface area contributed by atoms with E-state index >= 15 is 0 Å². The van der Waals surface area contributed by atoms with Crippen LogP contribution in [0.25, 0.3) is 11.0 Å². The molecule has 0 saturated carbocycles. The third-order valence-corrected chi connectivity index (χ3v) is 4.57. The second-order valence-corrected chi connectivity index (χ2v) is 6.67. The first-order valence-electron chi connectivity index (χ1n) is 8.21. The van der Waals surface area contributed by atoms with Crippen LogP contribution in [-0.2, 0) is 11.3 Å². The highest BCUT2D eigenvalue weighted by Crippen LogP contribution is 2.23. The molecule has 0 saturated heterocycles. The first-order chi connectivity index (χ1) is 12.1. The topological polar surface area (TPSA) is 67.0 Å². The molecule has 0 aliphatic rings. The number of aromatic nitrogens is 2. The van der Waals surface area contributed by atoms with Crippen molar-refractivity contribution in [2.75, 3.05) is 12.4 Å². The lowest BCUT2D eigenvalue weighted by molar-refractivity contribution is -0.118. The van der Waals surface area contributed by atoms with Gasteiger partial charge in [0.25, 0.3) is 0 Å². The van der Waals surface area contributed by atoms with Crippen LogP contribution in [0.1, 0.15) is 18.1 Å². The van der Waals surface area contributed by atoms with Crippen molar-refractivity contribution in [3.63, 3.8) is 0 Å². The number of nitrogens with zero attached hydrogens (tertiary/aromatic N) is 1. The van der Waals surface area contributed by atoms with Gasteiger partial charge in [0.15, 0.2) is 5.16 Å². The van der Waals surface area contributed by atoms with Crippen molar-refractivity contribution in [3.05, 3.63) is 53.6 Å². The largest absolute Gasteiger partial charge is 0.494 e. The SMILES string of the molecule is CCOc1ccc2nc(SCC(=O)NCc3ccc(C)cc3)[nH]c2c1. The Hall–Kier alpha value is -2.47. The summed E-state index contributed by atoms with van der Waals surface area (Å²) < 4.78 is 5.48. The summed E-state index contributed by atoms with van der Waals surface area (Å²) in [5.74, 6) is 1.12. The number of carbonyl (C=O) groups is 1. The zero-order valence-electron chi connectivity index (χ0n) is 14.3. The van der Waals surface area contributed by atoms with Crippen molar-refractivity contribution >= 4 is 28.7 Å². The summed E-state index contributed by atoms with van der Waals surface area (Å²) in [6, 6.07) is 13.9. The second-order valence-electron chi connectivity index (χ2n) is 5.70. The smallest absolute Gasteiger partial charge is 0.230 e. The van der Waals surface area contributed by atoms with E-state index in [1.807, 2.05) is 56.3 Å². The van der Waals surface area contributed by atoms with Crippen LogP contribution in [0.5, 0.6) is 5.75 Å². The van der Waals surface area contributed by atoms with Gasteiger partial charge in [-0.3, -0.25) is 4.79 Å². The van der Waals surface area contributed by atoms with Gasteiger partial charge in [-0.1, -0.05) is 41.6 Å². The Morgan fingerprint density at radius 2 is 2.04 bits per heavy atom. The molecule has 0 unspecified atom stereocenters. The van der Waals surface area contributed by atoms with Crippen molar-refractivity contribution < 1.29 is 9.53 Å². The Balaban J connectivity index is 1.52. The minimum absolute atomic E-state index is 0.0129. The summed E-state index contributed by atoms with van der Waals surface area (Å²) in [5.41, 5.74) is 4.08. The van der Waals surface area contributed by atoms with Crippen LogP contribution in [0.2, 0.25) is 0 Å². The zero-order chi connectivity index (χ0) is 17.6. The predicted octanol–water partition coefficient (Wildman–Crippen LogP) is 3.68. The summed E-state index contributed by atoms with van der Waals surface area (Å²) in [7, 11) is 0. The van der Waals surface area contributed by atoms with Gasteiger partial charge in [0, 0.05) is 12.6 Å². The van der Waals surface area contributed by atoms with E-state index in [2.05, 4.69) is 15.3 Å². The molecule has 3 rings (SSSR count). The maximum Gasteiger partial charge on any atom is 0.230 e. The Bertz CT molecular complexity index is 859. The van der Waals surface area contributed by atoms with E-state index in [4.69, 9.17) is 4.74 Å². The molecule has 0 aliphatic heterocycles. The summed E-state index contributed by atoms with van der Waals surface area (Å²) in [6.45, 7) is 5.16. The molecule has 1 heterocycles. The molecule has 3 aromatic rings. The number of fused-ring (bicyclic) bond motifs is 1. The Labute approximate surface area is 151 Å². The molecular formula is C19H21N3O2S. The van der Waals surface area contributed by atoms with Crippen LogP contribution >= 0.6 is 11.8 Å². The van der Waals surface area contributed by atoms with Crippen molar-refractivity contribution in [2.24, 2.45) is 0 Å². The average molecular weight is 355 g/mol. The van der Waals surface area contributed by atoms with Gasteiger partial charge in [-0.25, -0.2) is 4.98 Å². The van der Waals surface area contributed by atoms with E-state index in [9.17, 15) is 4.79 Å². The van der Waals surface area contributed by atoms with E-state index in [0.29, 0.717) is 18.9 Å². The number of benzene rings is 2. The predicted molar refractivity (Wildman–Crippen MR) is 101 cm³/mol. The van der Waals surface area contributed by atoms with Crippen LogP contribution in [0.4, 0.5) is 0 Å². The highest BCUT2D eigenvalue weighted by atomic mass is 32.2. The maximum atomic E-state index is 12.0. The van der Waals surface area contributed by atoms with Crippen molar-refractivity contribution in [1.29, 1.82) is 0 Å². The quantitative estimate of drug-likeness (QED) is 0.635. The van der Waals surface area contributed by atoms with Gasteiger partial charge in [-0.2, -0.15) is 0 Å². The number of aromatic amines is 1. The fourth-order valence-corrected chi connectivity index (χ4v) is 3.10. The molecule has 0 fully saturated rings. The molecule has 130 valence electrons. The van der Waals surface area contributed by atoms with Gasteiger partial charge < -0.3 is 15.0 Å². The van der Waals surface area contributed by atoms with Crippen LogP contribution in [0, 0.1) is 6.92 Å². The van der Waals surface area contributed by atoms with Crippen LogP contribution in [-0.4, -0.2) is 28.2 Å². The van der Waals surface area contributed by atoms with E-state index in [1.54, 1.807) is 0 Å². The van der Waals surface area contributed by atoms with E-state index in [1.165, 1.54) is 17.3 Å². The summed E-state index contributed by atoms with van der Waals surface area (Å²) in [5, 5.41) is 3.66. The number of carbonyl (C=O) groups excluding carboxylic acids is 1. The number of ether oxygens (including phenoxy) is 1. The standard InChI is InChI=1S/C19H21N3O2S/c1-3-24-15-8-9-16-17(10-15)22-19(21-16)25-12-18(23)20-11-14-6-4-13(2)5-7-14/h4-10H,3,11-12H2,1-2H3,(H,20,23)(H,21,22). The number of nitrogens with one attached hydrogen (secondary N) is 2. The van der Waals surface area contributed by atoms with Crippen molar-refractivity contribution in [3.8, 4) is 5.75 Å². The Morgan fingerprint density at radius 3 is 2.80 bits per heavy atom.